The molecule has 0 saturated carbocycles. The van der Waals surface area contributed by atoms with Gasteiger partial charge in [0.15, 0.2) is 0 Å². The number of rotatable bonds is 7. The van der Waals surface area contributed by atoms with Gasteiger partial charge in [-0.05, 0) is 37.9 Å². The van der Waals surface area contributed by atoms with Gasteiger partial charge in [-0.2, -0.15) is 0 Å². The van der Waals surface area contributed by atoms with Gasteiger partial charge in [0.05, 0.1) is 6.61 Å². The molecule has 2 N–H and O–H groups in total. The van der Waals surface area contributed by atoms with Crippen LogP contribution in [-0.4, -0.2) is 48.8 Å². The van der Waals surface area contributed by atoms with Crippen molar-refractivity contribution >= 4 is 0 Å². The first-order chi connectivity index (χ1) is 8.19. The second kappa shape index (κ2) is 7.34. The molecule has 0 radical (unpaired) electrons. The number of piperidine rings is 1. The lowest BCUT2D eigenvalue weighted by Gasteiger charge is -2.42. The Morgan fingerprint density at radius 1 is 1.18 bits per heavy atom. The minimum absolute atomic E-state index is 0.246. The Hall–Kier alpha value is -0.120. The summed E-state index contributed by atoms with van der Waals surface area (Å²) in [6.45, 7) is 11.3. The molecule has 1 fully saturated rings. The van der Waals surface area contributed by atoms with Crippen molar-refractivity contribution in [1.82, 2.24) is 10.2 Å². The van der Waals surface area contributed by atoms with Crippen molar-refractivity contribution < 1.29 is 5.11 Å². The van der Waals surface area contributed by atoms with Crippen molar-refractivity contribution in [1.29, 1.82) is 0 Å². The third-order valence-electron chi connectivity index (χ3n) is 4.61. The van der Waals surface area contributed by atoms with Gasteiger partial charge in [0.2, 0.25) is 0 Å². The summed E-state index contributed by atoms with van der Waals surface area (Å²) in [7, 11) is 0. The maximum absolute atomic E-state index is 9.29. The van der Waals surface area contributed by atoms with E-state index < -0.39 is 0 Å². The normalized spacial score (nSPS) is 22.6. The van der Waals surface area contributed by atoms with E-state index in [0.717, 1.165) is 13.1 Å². The van der Waals surface area contributed by atoms with Crippen LogP contribution in [-0.2, 0) is 0 Å². The number of nitrogens with zero attached hydrogens (tertiary/aromatic N) is 1. The number of likely N-dealkylation sites (N-methyl/N-ethyl adjacent to an activating group) is 1. The van der Waals surface area contributed by atoms with E-state index in [9.17, 15) is 5.11 Å². The highest BCUT2D eigenvalue weighted by Crippen LogP contribution is 2.37. The summed E-state index contributed by atoms with van der Waals surface area (Å²) in [6.07, 6.45) is 5.27. The van der Waals surface area contributed by atoms with Crippen LogP contribution in [0.2, 0.25) is 0 Å². The molecule has 17 heavy (non-hydrogen) atoms. The molecule has 1 saturated heterocycles. The molecular formula is C14H30N2O. The van der Waals surface area contributed by atoms with Gasteiger partial charge in [0, 0.05) is 12.6 Å². The Labute approximate surface area is 107 Å². The summed E-state index contributed by atoms with van der Waals surface area (Å²) in [6, 6.07) is 0.246. The summed E-state index contributed by atoms with van der Waals surface area (Å²) in [5.41, 5.74) is 0.601. The fraction of sp³-hybridized carbons (Fsp3) is 1.00. The van der Waals surface area contributed by atoms with E-state index in [1.807, 2.05) is 0 Å². The molecule has 0 bridgehead atoms. The predicted octanol–water partition coefficient (Wildman–Crippen LogP) is 1.86. The average Bonchev–Trinajstić information content (AvgIpc) is 2.39. The monoisotopic (exact) mass is 242 g/mol. The number of aliphatic hydroxyl groups is 1. The zero-order valence-corrected chi connectivity index (χ0v) is 11.8. The van der Waals surface area contributed by atoms with Crippen molar-refractivity contribution in [3.05, 3.63) is 0 Å². The second-order valence-electron chi connectivity index (χ2n) is 5.44. The van der Waals surface area contributed by atoms with Crippen LogP contribution in [0.3, 0.4) is 0 Å². The maximum atomic E-state index is 9.29. The summed E-state index contributed by atoms with van der Waals surface area (Å²) in [5.74, 6) is 0. The van der Waals surface area contributed by atoms with Crippen LogP contribution in [0.1, 0.15) is 46.5 Å². The smallest absolute Gasteiger partial charge is 0.0597 e. The first kappa shape index (κ1) is 14.9. The van der Waals surface area contributed by atoms with E-state index in [1.165, 1.54) is 38.8 Å². The molecular weight excluding hydrogens is 212 g/mol. The third kappa shape index (κ3) is 4.23. The van der Waals surface area contributed by atoms with Crippen molar-refractivity contribution in [2.45, 2.75) is 52.5 Å². The Balaban J connectivity index is 2.35. The number of nitrogens with one attached hydrogen (secondary N) is 1. The van der Waals surface area contributed by atoms with Crippen molar-refractivity contribution in [2.24, 2.45) is 5.41 Å². The van der Waals surface area contributed by atoms with Gasteiger partial charge in [-0.1, -0.05) is 33.6 Å². The minimum Gasteiger partial charge on any atom is -0.395 e. The standard InChI is InChI=1S/C14H30N2O/c1-4-14(5-2)7-9-16(10-8-14)11-13(12-17)15-6-3/h13,15,17H,4-12H2,1-3H3. The van der Waals surface area contributed by atoms with Crippen LogP contribution in [0.15, 0.2) is 0 Å². The molecule has 0 aromatic rings. The highest BCUT2D eigenvalue weighted by atomic mass is 16.3. The maximum Gasteiger partial charge on any atom is 0.0597 e. The van der Waals surface area contributed by atoms with E-state index in [4.69, 9.17) is 0 Å². The molecule has 3 heteroatoms. The lowest BCUT2D eigenvalue weighted by molar-refractivity contribution is 0.0810. The molecule has 1 unspecified atom stereocenters. The molecule has 1 aliphatic heterocycles. The van der Waals surface area contributed by atoms with Gasteiger partial charge in [-0.25, -0.2) is 0 Å². The zero-order chi connectivity index (χ0) is 12.7. The Kier molecular flexibility index (Phi) is 6.45. The van der Waals surface area contributed by atoms with Crippen LogP contribution >= 0.6 is 0 Å². The topological polar surface area (TPSA) is 35.5 Å². The highest BCUT2D eigenvalue weighted by molar-refractivity contribution is 4.85. The molecule has 1 heterocycles. The molecule has 0 aromatic carbocycles. The zero-order valence-electron chi connectivity index (χ0n) is 11.8. The Morgan fingerprint density at radius 2 is 1.76 bits per heavy atom. The first-order valence-electron chi connectivity index (χ1n) is 7.26. The van der Waals surface area contributed by atoms with E-state index >= 15 is 0 Å². The van der Waals surface area contributed by atoms with Crippen LogP contribution in [0.4, 0.5) is 0 Å². The van der Waals surface area contributed by atoms with Crippen LogP contribution in [0.25, 0.3) is 0 Å². The predicted molar refractivity (Wildman–Crippen MR) is 73.2 cm³/mol. The summed E-state index contributed by atoms with van der Waals surface area (Å²) in [4.78, 5) is 2.51. The summed E-state index contributed by atoms with van der Waals surface area (Å²) in [5, 5.41) is 12.6. The fourth-order valence-corrected chi connectivity index (χ4v) is 2.95. The molecule has 1 rings (SSSR count). The van der Waals surface area contributed by atoms with Gasteiger partial charge in [-0.15, -0.1) is 0 Å². The number of hydrogen-bond donors (Lipinski definition) is 2. The lowest BCUT2D eigenvalue weighted by atomic mass is 9.74. The largest absolute Gasteiger partial charge is 0.395 e. The molecule has 1 aliphatic rings. The Bertz CT molecular complexity index is 194. The van der Waals surface area contributed by atoms with Crippen LogP contribution < -0.4 is 5.32 Å². The molecule has 0 aliphatic carbocycles. The molecule has 3 nitrogen and oxygen atoms in total. The van der Waals surface area contributed by atoms with Gasteiger partial charge >= 0.3 is 0 Å². The minimum atomic E-state index is 0.246. The van der Waals surface area contributed by atoms with Gasteiger partial charge < -0.3 is 15.3 Å². The van der Waals surface area contributed by atoms with Crippen molar-refractivity contribution in [3.8, 4) is 0 Å². The summed E-state index contributed by atoms with van der Waals surface area (Å²) >= 11 is 0. The first-order valence-corrected chi connectivity index (χ1v) is 7.26. The number of hydrogen-bond acceptors (Lipinski definition) is 3. The van der Waals surface area contributed by atoms with E-state index in [1.54, 1.807) is 0 Å². The Morgan fingerprint density at radius 3 is 2.18 bits per heavy atom. The van der Waals surface area contributed by atoms with Gasteiger partial charge in [0.25, 0.3) is 0 Å². The van der Waals surface area contributed by atoms with E-state index in [2.05, 4.69) is 31.0 Å². The number of aliphatic hydroxyl groups excluding tert-OH is 1. The fourth-order valence-electron chi connectivity index (χ4n) is 2.95. The lowest BCUT2D eigenvalue weighted by Crippen LogP contribution is -2.47. The molecule has 0 amide bonds. The second-order valence-corrected chi connectivity index (χ2v) is 5.44. The number of likely N-dealkylation sites (tertiary alicyclic amines) is 1. The summed E-state index contributed by atoms with van der Waals surface area (Å²) < 4.78 is 0. The SMILES string of the molecule is CCNC(CO)CN1CCC(CC)(CC)CC1. The van der Waals surface area contributed by atoms with E-state index in [-0.39, 0.29) is 12.6 Å². The molecule has 0 aromatic heterocycles. The molecule has 0 spiro atoms. The van der Waals surface area contributed by atoms with Crippen LogP contribution in [0, 0.1) is 5.41 Å². The van der Waals surface area contributed by atoms with Gasteiger partial charge in [0.1, 0.15) is 0 Å². The van der Waals surface area contributed by atoms with Crippen molar-refractivity contribution in [3.63, 3.8) is 0 Å². The van der Waals surface area contributed by atoms with Crippen molar-refractivity contribution in [2.75, 3.05) is 32.8 Å². The third-order valence-corrected chi connectivity index (χ3v) is 4.61. The van der Waals surface area contributed by atoms with Crippen LogP contribution in [0.5, 0.6) is 0 Å². The molecule has 1 atom stereocenters. The quantitative estimate of drug-likeness (QED) is 0.715. The average molecular weight is 242 g/mol. The van der Waals surface area contributed by atoms with E-state index in [0.29, 0.717) is 5.41 Å². The van der Waals surface area contributed by atoms with Gasteiger partial charge in [-0.3, -0.25) is 0 Å². The molecule has 102 valence electrons. The highest BCUT2D eigenvalue weighted by Gasteiger charge is 2.31.